The molecule has 1 rings (SSSR count). The molecular formula is C10H10ClNO3. The summed E-state index contributed by atoms with van der Waals surface area (Å²) in [5, 5.41) is 9.35. The van der Waals surface area contributed by atoms with Crippen LogP contribution in [-0.4, -0.2) is 18.2 Å². The Morgan fingerprint density at radius 3 is 2.80 bits per heavy atom. The number of rotatable bonds is 2. The van der Waals surface area contributed by atoms with Gasteiger partial charge in [-0.05, 0) is 23.8 Å². The Hall–Kier alpha value is -1.68. The highest BCUT2D eigenvalue weighted by atomic mass is 35.5. The first kappa shape index (κ1) is 11.4. The minimum atomic E-state index is -0.612. The highest BCUT2D eigenvalue weighted by Crippen LogP contribution is 2.24. The second-order valence-corrected chi connectivity index (χ2v) is 3.21. The number of halogens is 1. The number of phenols is 1. The number of carbonyl (C=O) groups is 1. The van der Waals surface area contributed by atoms with Crippen LogP contribution in [0.25, 0.3) is 6.08 Å². The van der Waals surface area contributed by atoms with Gasteiger partial charge < -0.3 is 15.6 Å². The van der Waals surface area contributed by atoms with Gasteiger partial charge in [-0.3, -0.25) is 0 Å². The van der Waals surface area contributed by atoms with E-state index in [9.17, 15) is 4.79 Å². The molecule has 0 saturated carbocycles. The number of phenolic OH excluding ortho intramolecular Hbond substituents is 1. The van der Waals surface area contributed by atoms with E-state index < -0.39 is 5.97 Å². The number of nitrogens with two attached hydrogens (primary N) is 1. The predicted octanol–water partition coefficient (Wildman–Crippen LogP) is 1.52. The van der Waals surface area contributed by atoms with Crippen LogP contribution in [-0.2, 0) is 9.53 Å². The summed E-state index contributed by atoms with van der Waals surface area (Å²) in [5.74, 6) is -0.635. The van der Waals surface area contributed by atoms with Crippen LogP contribution in [0.1, 0.15) is 5.56 Å². The molecule has 0 radical (unpaired) electrons. The van der Waals surface area contributed by atoms with Crippen LogP contribution in [0, 0.1) is 0 Å². The van der Waals surface area contributed by atoms with Crippen LogP contribution in [0.2, 0.25) is 5.02 Å². The molecule has 0 fully saturated rings. The zero-order chi connectivity index (χ0) is 11.4. The summed E-state index contributed by atoms with van der Waals surface area (Å²) in [6.45, 7) is 0. The van der Waals surface area contributed by atoms with Gasteiger partial charge in [-0.2, -0.15) is 0 Å². The van der Waals surface area contributed by atoms with E-state index in [1.165, 1.54) is 25.3 Å². The Bertz CT molecular complexity index is 415. The highest BCUT2D eigenvalue weighted by molar-refractivity contribution is 6.32. The molecule has 5 heteroatoms. The van der Waals surface area contributed by atoms with Gasteiger partial charge in [0.2, 0.25) is 0 Å². The molecule has 0 spiro atoms. The van der Waals surface area contributed by atoms with Crippen molar-refractivity contribution in [2.24, 2.45) is 5.73 Å². The Kier molecular flexibility index (Phi) is 3.57. The molecule has 0 unspecified atom stereocenters. The van der Waals surface area contributed by atoms with E-state index in [1.807, 2.05) is 0 Å². The zero-order valence-corrected chi connectivity index (χ0v) is 8.78. The van der Waals surface area contributed by atoms with Crippen LogP contribution >= 0.6 is 11.6 Å². The van der Waals surface area contributed by atoms with Crippen molar-refractivity contribution in [3.63, 3.8) is 0 Å². The molecule has 0 aromatic heterocycles. The number of carbonyl (C=O) groups excluding carboxylic acids is 1. The number of benzene rings is 1. The number of methoxy groups -OCH3 is 1. The second kappa shape index (κ2) is 4.70. The molecule has 4 nitrogen and oxygen atoms in total. The molecule has 15 heavy (non-hydrogen) atoms. The molecule has 0 bridgehead atoms. The third-order valence-corrected chi connectivity index (χ3v) is 2.02. The number of hydrogen-bond donors (Lipinski definition) is 2. The van der Waals surface area contributed by atoms with Crippen LogP contribution in [0.5, 0.6) is 5.75 Å². The lowest BCUT2D eigenvalue weighted by Gasteiger charge is -2.00. The Balaban J connectivity index is 2.98. The maximum atomic E-state index is 11.0. The molecule has 0 amide bonds. The molecule has 0 aliphatic heterocycles. The molecule has 1 aromatic rings. The van der Waals surface area contributed by atoms with Crippen molar-refractivity contribution in [3.8, 4) is 5.75 Å². The molecular weight excluding hydrogens is 218 g/mol. The van der Waals surface area contributed by atoms with Crippen LogP contribution in [0.3, 0.4) is 0 Å². The molecule has 3 N–H and O–H groups in total. The zero-order valence-electron chi connectivity index (χ0n) is 8.03. The fraction of sp³-hybridized carbons (Fsp3) is 0.100. The van der Waals surface area contributed by atoms with Crippen LogP contribution < -0.4 is 5.73 Å². The average Bonchev–Trinajstić information content (AvgIpc) is 2.22. The average molecular weight is 228 g/mol. The summed E-state index contributed by atoms with van der Waals surface area (Å²) < 4.78 is 4.42. The predicted molar refractivity (Wildman–Crippen MR) is 57.3 cm³/mol. The van der Waals surface area contributed by atoms with Crippen molar-refractivity contribution in [2.45, 2.75) is 0 Å². The van der Waals surface area contributed by atoms with Gasteiger partial charge in [0.25, 0.3) is 0 Å². The van der Waals surface area contributed by atoms with Crippen molar-refractivity contribution in [1.82, 2.24) is 0 Å². The summed E-state index contributed by atoms with van der Waals surface area (Å²) in [6, 6.07) is 4.49. The lowest BCUT2D eigenvalue weighted by atomic mass is 10.2. The summed E-state index contributed by atoms with van der Waals surface area (Å²) >= 11 is 5.67. The number of aromatic hydroxyl groups is 1. The fourth-order valence-corrected chi connectivity index (χ4v) is 1.16. The lowest BCUT2D eigenvalue weighted by Crippen LogP contribution is -2.12. The van der Waals surface area contributed by atoms with E-state index >= 15 is 0 Å². The first-order valence-electron chi connectivity index (χ1n) is 4.08. The van der Waals surface area contributed by atoms with Crippen molar-refractivity contribution >= 4 is 23.6 Å². The first-order chi connectivity index (χ1) is 7.04. The van der Waals surface area contributed by atoms with Gasteiger partial charge in [-0.1, -0.05) is 17.7 Å². The van der Waals surface area contributed by atoms with Gasteiger partial charge in [0.1, 0.15) is 11.4 Å². The van der Waals surface area contributed by atoms with Crippen molar-refractivity contribution in [2.75, 3.05) is 7.11 Å². The molecule has 80 valence electrons. The summed E-state index contributed by atoms with van der Waals surface area (Å²) in [7, 11) is 1.24. The largest absolute Gasteiger partial charge is 0.506 e. The summed E-state index contributed by atoms with van der Waals surface area (Å²) in [5.41, 5.74) is 6.01. The van der Waals surface area contributed by atoms with Crippen molar-refractivity contribution in [3.05, 3.63) is 34.5 Å². The molecule has 0 atom stereocenters. The first-order valence-corrected chi connectivity index (χ1v) is 4.46. The minimum Gasteiger partial charge on any atom is -0.506 e. The quantitative estimate of drug-likeness (QED) is 0.594. The Morgan fingerprint density at radius 1 is 1.60 bits per heavy atom. The molecule has 0 aliphatic rings. The van der Waals surface area contributed by atoms with E-state index in [4.69, 9.17) is 22.4 Å². The standard InChI is InChI=1S/C10H10ClNO3/c1-15-10(14)8(12)5-6-2-3-9(13)7(11)4-6/h2-5,13H,12H2,1H3. The topological polar surface area (TPSA) is 72.5 Å². The van der Waals surface area contributed by atoms with Gasteiger partial charge in [0, 0.05) is 0 Å². The third-order valence-electron chi connectivity index (χ3n) is 1.72. The molecule has 0 aliphatic carbocycles. The maximum Gasteiger partial charge on any atom is 0.353 e. The fourth-order valence-electron chi connectivity index (χ4n) is 0.969. The van der Waals surface area contributed by atoms with E-state index in [-0.39, 0.29) is 16.5 Å². The van der Waals surface area contributed by atoms with Gasteiger partial charge in [0.15, 0.2) is 0 Å². The van der Waals surface area contributed by atoms with E-state index in [2.05, 4.69) is 4.74 Å². The summed E-state index contributed by atoms with van der Waals surface area (Å²) in [6.07, 6.45) is 1.41. The monoisotopic (exact) mass is 227 g/mol. The molecule has 1 aromatic carbocycles. The van der Waals surface area contributed by atoms with E-state index in [0.717, 1.165) is 0 Å². The number of esters is 1. The van der Waals surface area contributed by atoms with E-state index in [1.54, 1.807) is 6.07 Å². The second-order valence-electron chi connectivity index (χ2n) is 2.80. The van der Waals surface area contributed by atoms with Gasteiger partial charge in [0.05, 0.1) is 12.1 Å². The number of ether oxygens (including phenoxy) is 1. The molecule has 0 heterocycles. The summed E-state index contributed by atoms with van der Waals surface area (Å²) in [4.78, 5) is 11.0. The van der Waals surface area contributed by atoms with Crippen molar-refractivity contribution in [1.29, 1.82) is 0 Å². The van der Waals surface area contributed by atoms with Crippen LogP contribution in [0.4, 0.5) is 0 Å². The smallest absolute Gasteiger partial charge is 0.353 e. The highest BCUT2D eigenvalue weighted by Gasteiger charge is 2.05. The maximum absolute atomic E-state index is 11.0. The van der Waals surface area contributed by atoms with Gasteiger partial charge >= 0.3 is 5.97 Å². The minimum absolute atomic E-state index is 0.0227. The Morgan fingerprint density at radius 2 is 2.27 bits per heavy atom. The van der Waals surface area contributed by atoms with Gasteiger partial charge in [-0.15, -0.1) is 0 Å². The van der Waals surface area contributed by atoms with Crippen molar-refractivity contribution < 1.29 is 14.6 Å². The normalized spacial score (nSPS) is 11.2. The number of hydrogen-bond acceptors (Lipinski definition) is 4. The Labute approximate surface area is 91.9 Å². The lowest BCUT2D eigenvalue weighted by molar-refractivity contribution is -0.136. The van der Waals surface area contributed by atoms with Gasteiger partial charge in [-0.25, -0.2) is 4.79 Å². The molecule has 0 saturated heterocycles. The van der Waals surface area contributed by atoms with E-state index in [0.29, 0.717) is 5.56 Å². The van der Waals surface area contributed by atoms with Crippen LogP contribution in [0.15, 0.2) is 23.9 Å². The SMILES string of the molecule is COC(=O)C(N)=Cc1ccc(O)c(Cl)c1. The third kappa shape index (κ3) is 2.89.